The molecule has 1 unspecified atom stereocenters. The predicted molar refractivity (Wildman–Crippen MR) is 66.7 cm³/mol. The summed E-state index contributed by atoms with van der Waals surface area (Å²) in [5.74, 6) is 0. The second-order valence-corrected chi connectivity index (χ2v) is 3.95. The molecule has 0 aliphatic rings. The van der Waals surface area contributed by atoms with Gasteiger partial charge in [-0.2, -0.15) is 0 Å². The van der Waals surface area contributed by atoms with Crippen molar-refractivity contribution in [2.45, 2.75) is 19.5 Å². The fourth-order valence-corrected chi connectivity index (χ4v) is 1.68. The first-order valence-electron chi connectivity index (χ1n) is 5.50. The van der Waals surface area contributed by atoms with Gasteiger partial charge in [-0.3, -0.25) is 4.98 Å². The van der Waals surface area contributed by atoms with Gasteiger partial charge in [0, 0.05) is 50.4 Å². The van der Waals surface area contributed by atoms with Gasteiger partial charge >= 0.3 is 0 Å². The Morgan fingerprint density at radius 1 is 1.56 bits per heavy atom. The molecule has 0 amide bonds. The number of ether oxygens (including phenoxy) is 1. The number of hydrogen-bond donors (Lipinski definition) is 1. The monoisotopic (exact) mass is 223 g/mol. The van der Waals surface area contributed by atoms with Crippen LogP contribution in [0.25, 0.3) is 0 Å². The van der Waals surface area contributed by atoms with Crippen LogP contribution >= 0.6 is 0 Å². The Morgan fingerprint density at radius 3 is 2.94 bits per heavy atom. The van der Waals surface area contributed by atoms with Gasteiger partial charge < -0.3 is 15.0 Å². The van der Waals surface area contributed by atoms with Gasteiger partial charge in [0.15, 0.2) is 0 Å². The molecule has 0 saturated heterocycles. The van der Waals surface area contributed by atoms with E-state index in [1.54, 1.807) is 7.11 Å². The molecule has 16 heavy (non-hydrogen) atoms. The normalized spacial score (nSPS) is 12.5. The standard InChI is InChI=1S/C12H21N3O/c1-10(9-16-4)15(3)12-5-6-14-8-11(12)7-13-2/h5-6,8,10,13H,7,9H2,1-4H3. The van der Waals surface area contributed by atoms with E-state index < -0.39 is 0 Å². The Morgan fingerprint density at radius 2 is 2.31 bits per heavy atom. The number of methoxy groups -OCH3 is 1. The van der Waals surface area contributed by atoms with Crippen LogP contribution in [-0.2, 0) is 11.3 Å². The lowest BCUT2D eigenvalue weighted by Gasteiger charge is -2.28. The van der Waals surface area contributed by atoms with Crippen molar-refractivity contribution in [2.75, 3.05) is 32.7 Å². The van der Waals surface area contributed by atoms with E-state index in [0.29, 0.717) is 6.04 Å². The fraction of sp³-hybridized carbons (Fsp3) is 0.583. The average Bonchev–Trinajstić information content (AvgIpc) is 2.29. The maximum Gasteiger partial charge on any atom is 0.0663 e. The van der Waals surface area contributed by atoms with E-state index >= 15 is 0 Å². The molecule has 0 saturated carbocycles. The van der Waals surface area contributed by atoms with E-state index in [9.17, 15) is 0 Å². The van der Waals surface area contributed by atoms with Crippen LogP contribution in [0.15, 0.2) is 18.5 Å². The summed E-state index contributed by atoms with van der Waals surface area (Å²) in [5, 5.41) is 3.15. The van der Waals surface area contributed by atoms with Crippen molar-refractivity contribution in [2.24, 2.45) is 0 Å². The van der Waals surface area contributed by atoms with Gasteiger partial charge in [-0.1, -0.05) is 0 Å². The first-order valence-corrected chi connectivity index (χ1v) is 5.50. The first kappa shape index (κ1) is 12.9. The molecule has 90 valence electrons. The molecule has 4 nitrogen and oxygen atoms in total. The summed E-state index contributed by atoms with van der Waals surface area (Å²) in [6.45, 7) is 3.69. The second-order valence-electron chi connectivity index (χ2n) is 3.95. The number of anilines is 1. The van der Waals surface area contributed by atoms with Crippen molar-refractivity contribution in [3.05, 3.63) is 24.0 Å². The molecule has 0 radical (unpaired) electrons. The summed E-state index contributed by atoms with van der Waals surface area (Å²) in [5.41, 5.74) is 2.41. The third kappa shape index (κ3) is 3.18. The number of nitrogens with zero attached hydrogens (tertiary/aromatic N) is 2. The van der Waals surface area contributed by atoms with Crippen molar-refractivity contribution >= 4 is 5.69 Å². The Hall–Kier alpha value is -1.13. The summed E-state index contributed by atoms with van der Waals surface area (Å²) in [7, 11) is 5.75. The smallest absolute Gasteiger partial charge is 0.0663 e. The van der Waals surface area contributed by atoms with Crippen molar-refractivity contribution in [3.63, 3.8) is 0 Å². The third-order valence-corrected chi connectivity index (χ3v) is 2.69. The lowest BCUT2D eigenvalue weighted by molar-refractivity contribution is 0.183. The SMILES string of the molecule is CNCc1cnccc1N(C)C(C)COC. The zero-order valence-corrected chi connectivity index (χ0v) is 10.5. The van der Waals surface area contributed by atoms with Crippen LogP contribution in [0.2, 0.25) is 0 Å². The van der Waals surface area contributed by atoms with E-state index in [1.165, 1.54) is 11.3 Å². The summed E-state index contributed by atoms with van der Waals surface area (Å²) in [6.07, 6.45) is 3.73. The largest absolute Gasteiger partial charge is 0.383 e. The highest BCUT2D eigenvalue weighted by Gasteiger charge is 2.12. The molecule has 1 heterocycles. The number of rotatable bonds is 6. The lowest BCUT2D eigenvalue weighted by Crippen LogP contribution is -2.33. The van der Waals surface area contributed by atoms with E-state index in [4.69, 9.17) is 4.74 Å². The summed E-state index contributed by atoms with van der Waals surface area (Å²) in [4.78, 5) is 6.37. The predicted octanol–water partition coefficient (Wildman–Crippen LogP) is 1.27. The molecule has 0 aliphatic heterocycles. The molecule has 1 N–H and O–H groups in total. The molecule has 0 aliphatic carbocycles. The Balaban J connectivity index is 2.84. The topological polar surface area (TPSA) is 37.4 Å². The van der Waals surface area contributed by atoms with E-state index in [2.05, 4.69) is 29.2 Å². The van der Waals surface area contributed by atoms with Crippen LogP contribution in [0, 0.1) is 0 Å². The van der Waals surface area contributed by atoms with Crippen molar-refractivity contribution in [1.29, 1.82) is 0 Å². The highest BCUT2D eigenvalue weighted by molar-refractivity contribution is 5.52. The van der Waals surface area contributed by atoms with E-state index in [0.717, 1.165) is 13.2 Å². The molecule has 0 bridgehead atoms. The van der Waals surface area contributed by atoms with Crippen LogP contribution in [0.3, 0.4) is 0 Å². The quantitative estimate of drug-likeness (QED) is 0.788. The third-order valence-electron chi connectivity index (χ3n) is 2.69. The minimum Gasteiger partial charge on any atom is -0.383 e. The zero-order chi connectivity index (χ0) is 12.0. The first-order chi connectivity index (χ1) is 7.70. The maximum absolute atomic E-state index is 5.17. The van der Waals surface area contributed by atoms with Gasteiger partial charge in [0.05, 0.1) is 6.61 Å². The van der Waals surface area contributed by atoms with Gasteiger partial charge in [0.25, 0.3) is 0 Å². The number of likely N-dealkylation sites (N-methyl/N-ethyl adjacent to an activating group) is 1. The molecule has 1 rings (SSSR count). The molecular formula is C12H21N3O. The summed E-state index contributed by atoms with van der Waals surface area (Å²) >= 11 is 0. The van der Waals surface area contributed by atoms with Crippen LogP contribution in [0.1, 0.15) is 12.5 Å². The summed E-state index contributed by atoms with van der Waals surface area (Å²) < 4.78 is 5.17. The minimum absolute atomic E-state index is 0.350. The van der Waals surface area contributed by atoms with Crippen LogP contribution in [0.4, 0.5) is 5.69 Å². The average molecular weight is 223 g/mol. The number of nitrogens with one attached hydrogen (secondary N) is 1. The highest BCUT2D eigenvalue weighted by Crippen LogP contribution is 2.19. The van der Waals surface area contributed by atoms with Crippen LogP contribution < -0.4 is 10.2 Å². The van der Waals surface area contributed by atoms with Gasteiger partial charge in [0.2, 0.25) is 0 Å². The fourth-order valence-electron chi connectivity index (χ4n) is 1.68. The molecule has 0 fully saturated rings. The second kappa shape index (κ2) is 6.45. The van der Waals surface area contributed by atoms with Crippen molar-refractivity contribution in [1.82, 2.24) is 10.3 Å². The van der Waals surface area contributed by atoms with Crippen molar-refractivity contribution in [3.8, 4) is 0 Å². The Kier molecular flexibility index (Phi) is 5.22. The van der Waals surface area contributed by atoms with Crippen LogP contribution in [-0.4, -0.2) is 38.8 Å². The van der Waals surface area contributed by atoms with E-state index in [1.807, 2.05) is 25.5 Å². The Bertz CT molecular complexity index is 317. The van der Waals surface area contributed by atoms with Gasteiger partial charge in [-0.05, 0) is 20.0 Å². The number of hydrogen-bond acceptors (Lipinski definition) is 4. The lowest BCUT2D eigenvalue weighted by atomic mass is 10.2. The number of aromatic nitrogens is 1. The van der Waals surface area contributed by atoms with Gasteiger partial charge in [0.1, 0.15) is 0 Å². The molecular weight excluding hydrogens is 202 g/mol. The highest BCUT2D eigenvalue weighted by atomic mass is 16.5. The molecule has 1 atom stereocenters. The molecule has 4 heteroatoms. The maximum atomic E-state index is 5.17. The van der Waals surface area contributed by atoms with Crippen molar-refractivity contribution < 1.29 is 4.74 Å². The number of pyridine rings is 1. The van der Waals surface area contributed by atoms with Gasteiger partial charge in [-0.15, -0.1) is 0 Å². The summed E-state index contributed by atoms with van der Waals surface area (Å²) in [6, 6.07) is 2.39. The Labute approximate surface area is 97.6 Å². The van der Waals surface area contributed by atoms with E-state index in [-0.39, 0.29) is 0 Å². The molecule has 0 spiro atoms. The minimum atomic E-state index is 0.350. The van der Waals surface area contributed by atoms with Crippen LogP contribution in [0.5, 0.6) is 0 Å². The molecule has 1 aromatic rings. The van der Waals surface area contributed by atoms with Gasteiger partial charge in [-0.25, -0.2) is 0 Å². The zero-order valence-electron chi connectivity index (χ0n) is 10.5. The molecule has 0 aromatic carbocycles. The molecule has 1 aromatic heterocycles.